The number of hydrogen-bond donors (Lipinski definition) is 1. The summed E-state index contributed by atoms with van der Waals surface area (Å²) in [4.78, 5) is 26.8. The molecule has 0 bridgehead atoms. The van der Waals surface area contributed by atoms with Gasteiger partial charge in [-0.15, -0.1) is 0 Å². The molecule has 136 valence electrons. The second kappa shape index (κ2) is 7.68. The monoisotopic (exact) mass is 390 g/mol. The summed E-state index contributed by atoms with van der Waals surface area (Å²) >= 11 is 12.2. The Morgan fingerprint density at radius 2 is 1.85 bits per heavy atom. The molecule has 0 aromatic heterocycles. The molecule has 2 aromatic rings. The fourth-order valence-corrected chi connectivity index (χ4v) is 3.46. The molecular weight excluding hydrogens is 371 g/mol. The van der Waals surface area contributed by atoms with E-state index in [9.17, 15) is 9.59 Å². The Labute approximate surface area is 163 Å². The number of carbonyl (C=O) groups is 2. The van der Waals surface area contributed by atoms with Crippen molar-refractivity contribution in [2.45, 2.75) is 25.8 Å². The summed E-state index contributed by atoms with van der Waals surface area (Å²) in [6.07, 6.45) is 1.84. The van der Waals surface area contributed by atoms with Gasteiger partial charge in [-0.2, -0.15) is 0 Å². The molecule has 0 saturated heterocycles. The van der Waals surface area contributed by atoms with E-state index in [1.807, 2.05) is 13.0 Å². The van der Waals surface area contributed by atoms with Crippen LogP contribution in [0.3, 0.4) is 0 Å². The lowest BCUT2D eigenvalue weighted by Gasteiger charge is -2.22. The van der Waals surface area contributed by atoms with Crippen molar-refractivity contribution >= 4 is 40.7 Å². The summed E-state index contributed by atoms with van der Waals surface area (Å²) in [6.45, 7) is 1.86. The van der Waals surface area contributed by atoms with Gasteiger partial charge >= 0.3 is 0 Å². The molecule has 1 N–H and O–H groups in total. The van der Waals surface area contributed by atoms with E-state index in [-0.39, 0.29) is 23.8 Å². The number of hydrogen-bond acceptors (Lipinski definition) is 2. The third-order valence-electron chi connectivity index (χ3n) is 4.54. The average molecular weight is 391 g/mol. The van der Waals surface area contributed by atoms with Gasteiger partial charge in [0.25, 0.3) is 5.91 Å². The number of rotatable bonds is 5. The Hall–Kier alpha value is -2.04. The lowest BCUT2D eigenvalue weighted by Crippen LogP contribution is -2.32. The van der Waals surface area contributed by atoms with Gasteiger partial charge in [0.05, 0.1) is 17.3 Å². The molecule has 0 heterocycles. The first-order chi connectivity index (χ1) is 12.4. The largest absolute Gasteiger partial charge is 0.345 e. The first-order valence-electron chi connectivity index (χ1n) is 8.51. The van der Waals surface area contributed by atoms with Gasteiger partial charge in [-0.1, -0.05) is 41.4 Å². The number of halogens is 2. The Morgan fingerprint density at radius 1 is 1.15 bits per heavy atom. The molecule has 6 heteroatoms. The van der Waals surface area contributed by atoms with Crippen molar-refractivity contribution in [2.24, 2.45) is 5.92 Å². The topological polar surface area (TPSA) is 49.4 Å². The molecule has 1 aliphatic rings. The van der Waals surface area contributed by atoms with E-state index < -0.39 is 0 Å². The van der Waals surface area contributed by atoms with Crippen LogP contribution in [0.5, 0.6) is 0 Å². The van der Waals surface area contributed by atoms with Crippen LogP contribution in [0.25, 0.3) is 0 Å². The van der Waals surface area contributed by atoms with Crippen LogP contribution in [0.1, 0.15) is 41.7 Å². The molecular formula is C20H20Cl2N2O2. The molecule has 1 atom stereocenters. The number of anilines is 1. The van der Waals surface area contributed by atoms with E-state index in [1.54, 1.807) is 48.3 Å². The summed E-state index contributed by atoms with van der Waals surface area (Å²) < 4.78 is 0. The van der Waals surface area contributed by atoms with Gasteiger partial charge in [-0.25, -0.2) is 0 Å². The molecule has 2 amide bonds. The zero-order valence-electron chi connectivity index (χ0n) is 14.6. The number of benzene rings is 2. The fourth-order valence-electron chi connectivity index (χ4n) is 2.89. The number of nitrogens with one attached hydrogen (secondary N) is 1. The van der Waals surface area contributed by atoms with Crippen LogP contribution in [0.4, 0.5) is 5.69 Å². The minimum atomic E-state index is -0.301. The number of carbonyl (C=O) groups excluding carboxylic acids is 2. The van der Waals surface area contributed by atoms with Crippen LogP contribution >= 0.6 is 23.2 Å². The second-order valence-electron chi connectivity index (χ2n) is 6.55. The molecule has 1 fully saturated rings. The Kier molecular flexibility index (Phi) is 5.54. The van der Waals surface area contributed by atoms with Crippen molar-refractivity contribution in [3.63, 3.8) is 0 Å². The molecule has 3 rings (SSSR count). The normalized spacial score (nSPS) is 14.6. The van der Waals surface area contributed by atoms with Crippen molar-refractivity contribution in [1.82, 2.24) is 5.32 Å². The molecule has 2 aromatic carbocycles. The van der Waals surface area contributed by atoms with Gasteiger partial charge in [-0.3, -0.25) is 9.59 Å². The van der Waals surface area contributed by atoms with Gasteiger partial charge in [0.1, 0.15) is 0 Å². The fraction of sp³-hybridized carbons (Fsp3) is 0.300. The smallest absolute Gasteiger partial charge is 0.253 e. The van der Waals surface area contributed by atoms with Crippen LogP contribution in [0.2, 0.25) is 10.0 Å². The third kappa shape index (κ3) is 4.02. The zero-order chi connectivity index (χ0) is 18.8. The van der Waals surface area contributed by atoms with E-state index in [0.29, 0.717) is 21.3 Å². The maximum atomic E-state index is 12.8. The average Bonchev–Trinajstić information content (AvgIpc) is 3.45. The molecule has 1 saturated carbocycles. The standard InChI is InChI=1S/C20H20Cl2N2O2/c1-12(15-10-9-14(21)11-17(15)22)23-19(25)16-5-3-4-6-18(16)24(2)20(26)13-7-8-13/h3-6,9-13H,7-8H2,1-2H3,(H,23,25)/t12-/m1/s1. The van der Waals surface area contributed by atoms with Crippen LogP contribution in [-0.4, -0.2) is 18.9 Å². The minimum Gasteiger partial charge on any atom is -0.345 e. The Balaban J connectivity index is 1.80. The summed E-state index contributed by atoms with van der Waals surface area (Å²) in [5.74, 6) is -0.114. The third-order valence-corrected chi connectivity index (χ3v) is 5.11. The van der Waals surface area contributed by atoms with Crippen molar-refractivity contribution in [2.75, 3.05) is 11.9 Å². The van der Waals surface area contributed by atoms with E-state index in [1.165, 1.54) is 0 Å². The molecule has 4 nitrogen and oxygen atoms in total. The van der Waals surface area contributed by atoms with Crippen molar-refractivity contribution in [3.8, 4) is 0 Å². The van der Waals surface area contributed by atoms with Crippen molar-refractivity contribution in [1.29, 1.82) is 0 Å². The van der Waals surface area contributed by atoms with E-state index >= 15 is 0 Å². The minimum absolute atomic E-state index is 0.0547. The number of nitrogens with zero attached hydrogens (tertiary/aromatic N) is 1. The first kappa shape index (κ1) is 18.7. The summed E-state index contributed by atoms with van der Waals surface area (Å²) in [6, 6.07) is 12.0. The highest BCUT2D eigenvalue weighted by Gasteiger charge is 2.33. The number of para-hydroxylation sites is 1. The molecule has 1 aliphatic carbocycles. The Bertz CT molecular complexity index is 849. The van der Waals surface area contributed by atoms with Gasteiger partial charge < -0.3 is 10.2 Å². The van der Waals surface area contributed by atoms with Crippen LogP contribution < -0.4 is 10.2 Å². The maximum absolute atomic E-state index is 12.8. The highest BCUT2D eigenvalue weighted by Crippen LogP contribution is 2.33. The lowest BCUT2D eigenvalue weighted by molar-refractivity contribution is -0.119. The molecule has 0 unspecified atom stereocenters. The van der Waals surface area contributed by atoms with Crippen LogP contribution in [0.15, 0.2) is 42.5 Å². The highest BCUT2D eigenvalue weighted by atomic mass is 35.5. The van der Waals surface area contributed by atoms with Gasteiger partial charge in [0.2, 0.25) is 5.91 Å². The predicted molar refractivity (Wildman–Crippen MR) is 105 cm³/mol. The maximum Gasteiger partial charge on any atom is 0.253 e. The van der Waals surface area contributed by atoms with E-state index in [0.717, 1.165) is 18.4 Å². The van der Waals surface area contributed by atoms with E-state index in [2.05, 4.69) is 5.32 Å². The Morgan fingerprint density at radius 3 is 2.50 bits per heavy atom. The summed E-state index contributed by atoms with van der Waals surface area (Å²) in [5, 5.41) is 3.99. The predicted octanol–water partition coefficient (Wildman–Crippen LogP) is 4.86. The second-order valence-corrected chi connectivity index (χ2v) is 7.39. The van der Waals surface area contributed by atoms with Crippen LogP contribution in [-0.2, 0) is 4.79 Å². The quantitative estimate of drug-likeness (QED) is 0.792. The van der Waals surface area contributed by atoms with Crippen LogP contribution in [0, 0.1) is 5.92 Å². The van der Waals surface area contributed by atoms with Gasteiger partial charge in [-0.05, 0) is 49.6 Å². The molecule has 0 aliphatic heterocycles. The van der Waals surface area contributed by atoms with E-state index in [4.69, 9.17) is 23.2 Å². The molecule has 0 spiro atoms. The lowest BCUT2D eigenvalue weighted by atomic mass is 10.1. The van der Waals surface area contributed by atoms with Crippen molar-refractivity contribution < 1.29 is 9.59 Å². The number of amides is 2. The first-order valence-corrected chi connectivity index (χ1v) is 9.26. The van der Waals surface area contributed by atoms with Gasteiger partial charge in [0.15, 0.2) is 0 Å². The summed E-state index contributed by atoms with van der Waals surface area (Å²) in [7, 11) is 1.71. The SMILES string of the molecule is C[C@@H](NC(=O)c1ccccc1N(C)C(=O)C1CC1)c1ccc(Cl)cc1Cl. The highest BCUT2D eigenvalue weighted by molar-refractivity contribution is 6.35. The van der Waals surface area contributed by atoms with Crippen molar-refractivity contribution in [3.05, 3.63) is 63.6 Å². The molecule has 0 radical (unpaired) electrons. The zero-order valence-corrected chi connectivity index (χ0v) is 16.1. The molecule has 26 heavy (non-hydrogen) atoms. The van der Waals surface area contributed by atoms with Gasteiger partial charge in [0, 0.05) is 23.0 Å². The summed E-state index contributed by atoms with van der Waals surface area (Å²) in [5.41, 5.74) is 1.85.